The second-order valence-corrected chi connectivity index (χ2v) is 8.93. The van der Waals surface area contributed by atoms with Crippen LogP contribution in [0.1, 0.15) is 24.3 Å². The molecule has 1 aliphatic rings. The summed E-state index contributed by atoms with van der Waals surface area (Å²) in [6.45, 7) is -0.384. The molecule has 6 nitrogen and oxygen atoms in total. The summed E-state index contributed by atoms with van der Waals surface area (Å²) in [4.78, 5) is 15.8. The van der Waals surface area contributed by atoms with Crippen LogP contribution in [0.3, 0.4) is 0 Å². The van der Waals surface area contributed by atoms with Crippen molar-refractivity contribution in [1.29, 1.82) is 0 Å². The lowest BCUT2D eigenvalue weighted by Gasteiger charge is -2.25. The minimum absolute atomic E-state index is 0.0778. The van der Waals surface area contributed by atoms with Crippen molar-refractivity contribution < 1.29 is 24.2 Å². The van der Waals surface area contributed by atoms with Crippen LogP contribution in [-0.4, -0.2) is 33.9 Å². The van der Waals surface area contributed by atoms with Crippen LogP contribution in [0.15, 0.2) is 95.4 Å². The number of hydrogen-bond donors (Lipinski definition) is 2. The van der Waals surface area contributed by atoms with Gasteiger partial charge in [0.15, 0.2) is 12.4 Å². The third-order valence-corrected chi connectivity index (χ3v) is 6.32. The van der Waals surface area contributed by atoms with Gasteiger partial charge >= 0.3 is 5.97 Å². The van der Waals surface area contributed by atoms with Crippen LogP contribution < -0.4 is 4.74 Å². The van der Waals surface area contributed by atoms with Crippen molar-refractivity contribution in [3.8, 4) is 28.3 Å². The summed E-state index contributed by atoms with van der Waals surface area (Å²) in [5.74, 6) is 0.786. The fourth-order valence-electron chi connectivity index (χ4n) is 4.62. The number of aromatic nitrogens is 1. The Morgan fingerprint density at radius 2 is 1.67 bits per heavy atom. The highest BCUT2D eigenvalue weighted by atomic mass is 16.5. The van der Waals surface area contributed by atoms with E-state index in [4.69, 9.17) is 19.2 Å². The van der Waals surface area contributed by atoms with Crippen molar-refractivity contribution in [3.05, 3.63) is 102 Å². The first kappa shape index (κ1) is 23.6. The Kier molecular flexibility index (Phi) is 6.96. The molecular formula is C30H27NO5. The molecule has 182 valence electrons. The molecule has 1 aromatic heterocycles. The van der Waals surface area contributed by atoms with Gasteiger partial charge in [0.05, 0.1) is 6.10 Å². The minimum Gasteiger partial charge on any atom is -0.482 e. The maximum Gasteiger partial charge on any atom is 0.341 e. The molecule has 3 aromatic carbocycles. The molecule has 1 aliphatic carbocycles. The predicted octanol–water partition coefficient (Wildman–Crippen LogP) is 5.87. The number of oxazole rings is 1. The van der Waals surface area contributed by atoms with Crippen LogP contribution in [0, 0.1) is 5.92 Å². The van der Waals surface area contributed by atoms with Crippen molar-refractivity contribution >= 4 is 11.5 Å². The number of aliphatic hydroxyl groups excluding tert-OH is 1. The van der Waals surface area contributed by atoms with Gasteiger partial charge in [-0.1, -0.05) is 72.8 Å². The molecule has 2 atom stereocenters. The fraction of sp³-hybridized carbons (Fsp3) is 0.200. The number of rotatable bonds is 8. The number of benzene rings is 3. The van der Waals surface area contributed by atoms with E-state index in [0.717, 1.165) is 34.4 Å². The van der Waals surface area contributed by atoms with E-state index in [0.29, 0.717) is 30.2 Å². The molecule has 1 heterocycles. The van der Waals surface area contributed by atoms with Crippen LogP contribution in [0.25, 0.3) is 28.2 Å². The quantitative estimate of drug-likeness (QED) is 0.327. The molecule has 2 unspecified atom stereocenters. The number of carboxylic acids is 1. The highest BCUT2D eigenvalue weighted by molar-refractivity contribution is 5.79. The fourth-order valence-corrected chi connectivity index (χ4v) is 4.62. The average molecular weight is 482 g/mol. The SMILES string of the molecule is O=C(O)COc1cccc(CC2CCC(O)C=C2c2nc(-c3ccccc3)c(-c3ccccc3)o2)c1. The summed E-state index contributed by atoms with van der Waals surface area (Å²) in [6.07, 6.45) is 3.41. The minimum atomic E-state index is -1.01. The van der Waals surface area contributed by atoms with Crippen molar-refractivity contribution in [1.82, 2.24) is 4.98 Å². The maximum absolute atomic E-state index is 10.9. The number of aliphatic carboxylic acids is 1. The number of aliphatic hydroxyl groups is 1. The zero-order valence-corrected chi connectivity index (χ0v) is 19.7. The number of carboxylic acid groups (broad SMARTS) is 1. The Balaban J connectivity index is 1.50. The number of hydrogen-bond acceptors (Lipinski definition) is 5. The molecule has 2 N–H and O–H groups in total. The summed E-state index contributed by atoms with van der Waals surface area (Å²) in [6, 6.07) is 27.3. The van der Waals surface area contributed by atoms with Crippen LogP contribution in [0.5, 0.6) is 5.75 Å². The largest absolute Gasteiger partial charge is 0.482 e. The van der Waals surface area contributed by atoms with Gasteiger partial charge in [0.25, 0.3) is 0 Å². The van der Waals surface area contributed by atoms with Gasteiger partial charge in [-0.05, 0) is 49.0 Å². The van der Waals surface area contributed by atoms with Gasteiger partial charge in [0, 0.05) is 16.7 Å². The van der Waals surface area contributed by atoms with E-state index in [1.807, 2.05) is 84.9 Å². The highest BCUT2D eigenvalue weighted by Crippen LogP contribution is 2.40. The van der Waals surface area contributed by atoms with Crippen molar-refractivity contribution in [2.75, 3.05) is 6.61 Å². The van der Waals surface area contributed by atoms with E-state index in [1.54, 1.807) is 6.07 Å². The third-order valence-electron chi connectivity index (χ3n) is 6.32. The van der Waals surface area contributed by atoms with Crippen molar-refractivity contribution in [2.45, 2.75) is 25.4 Å². The summed E-state index contributed by atoms with van der Waals surface area (Å²) in [5, 5.41) is 19.4. The van der Waals surface area contributed by atoms with E-state index >= 15 is 0 Å². The number of ether oxygens (including phenoxy) is 1. The average Bonchev–Trinajstić information content (AvgIpc) is 3.35. The second kappa shape index (κ2) is 10.6. The van der Waals surface area contributed by atoms with E-state index in [-0.39, 0.29) is 12.5 Å². The van der Waals surface area contributed by atoms with Crippen LogP contribution >= 0.6 is 0 Å². The lowest BCUT2D eigenvalue weighted by Crippen LogP contribution is -2.19. The van der Waals surface area contributed by atoms with Gasteiger partial charge in [-0.15, -0.1) is 0 Å². The summed E-state index contributed by atoms with van der Waals surface area (Å²) in [5.41, 5.74) is 4.56. The highest BCUT2D eigenvalue weighted by Gasteiger charge is 2.28. The van der Waals surface area contributed by atoms with Crippen LogP contribution in [-0.2, 0) is 11.2 Å². The first-order chi connectivity index (χ1) is 17.6. The monoisotopic (exact) mass is 481 g/mol. The van der Waals surface area contributed by atoms with Gasteiger partial charge < -0.3 is 19.4 Å². The Hall–Kier alpha value is -4.16. The molecule has 0 amide bonds. The normalized spacial score (nSPS) is 17.4. The zero-order valence-electron chi connectivity index (χ0n) is 19.7. The summed E-state index contributed by atoms with van der Waals surface area (Å²) in [7, 11) is 0. The molecule has 0 spiro atoms. The van der Waals surface area contributed by atoms with E-state index in [2.05, 4.69) is 0 Å². The van der Waals surface area contributed by atoms with Gasteiger partial charge in [-0.3, -0.25) is 0 Å². The molecule has 36 heavy (non-hydrogen) atoms. The van der Waals surface area contributed by atoms with Crippen molar-refractivity contribution in [2.24, 2.45) is 5.92 Å². The number of allylic oxidation sites excluding steroid dienone is 1. The smallest absolute Gasteiger partial charge is 0.341 e. The molecule has 6 heteroatoms. The summed E-state index contributed by atoms with van der Waals surface area (Å²) >= 11 is 0. The molecule has 4 aromatic rings. The van der Waals surface area contributed by atoms with Gasteiger partial charge in [0.2, 0.25) is 5.89 Å². The molecule has 0 fully saturated rings. The lowest BCUT2D eigenvalue weighted by molar-refractivity contribution is -0.139. The van der Waals surface area contributed by atoms with Gasteiger partial charge in [-0.2, -0.15) is 0 Å². The molecule has 0 bridgehead atoms. The summed E-state index contributed by atoms with van der Waals surface area (Å²) < 4.78 is 11.8. The Bertz CT molecular complexity index is 1300. The van der Waals surface area contributed by atoms with Gasteiger partial charge in [0.1, 0.15) is 11.4 Å². The van der Waals surface area contributed by atoms with Crippen molar-refractivity contribution in [3.63, 3.8) is 0 Å². The Labute approximate surface area is 209 Å². The second-order valence-electron chi connectivity index (χ2n) is 8.93. The lowest BCUT2D eigenvalue weighted by atomic mass is 9.82. The molecule has 0 radical (unpaired) electrons. The Morgan fingerprint density at radius 3 is 2.39 bits per heavy atom. The molecule has 0 saturated heterocycles. The Morgan fingerprint density at radius 1 is 0.944 bits per heavy atom. The number of nitrogens with zero attached hydrogens (tertiary/aromatic N) is 1. The first-order valence-corrected chi connectivity index (χ1v) is 12.0. The van der Waals surface area contributed by atoms with E-state index in [1.165, 1.54) is 0 Å². The zero-order chi connectivity index (χ0) is 24.9. The first-order valence-electron chi connectivity index (χ1n) is 12.0. The molecular weight excluding hydrogens is 454 g/mol. The topological polar surface area (TPSA) is 92.8 Å². The predicted molar refractivity (Wildman–Crippen MR) is 137 cm³/mol. The van der Waals surface area contributed by atoms with Crippen LogP contribution in [0.2, 0.25) is 0 Å². The molecule has 0 aliphatic heterocycles. The van der Waals surface area contributed by atoms with Crippen LogP contribution in [0.4, 0.5) is 0 Å². The molecule has 0 saturated carbocycles. The maximum atomic E-state index is 10.9. The van der Waals surface area contributed by atoms with E-state index < -0.39 is 12.1 Å². The molecule has 5 rings (SSSR count). The standard InChI is InChI=1S/C30H27NO5/c32-24-15-14-23(16-20-8-7-13-25(17-20)35-19-27(33)34)26(18-24)30-31-28(21-9-3-1-4-10-21)29(36-30)22-11-5-2-6-12-22/h1-13,17-18,23-24,32H,14-16,19H2,(H,33,34). The van der Waals surface area contributed by atoms with Gasteiger partial charge in [-0.25, -0.2) is 9.78 Å². The third kappa shape index (κ3) is 5.39. The van der Waals surface area contributed by atoms with E-state index in [9.17, 15) is 9.90 Å². The number of carbonyl (C=O) groups is 1.